The molecule has 1 amide bonds. The van der Waals surface area contributed by atoms with E-state index in [4.69, 9.17) is 4.74 Å². The van der Waals surface area contributed by atoms with Gasteiger partial charge in [0.1, 0.15) is 18.1 Å². The predicted molar refractivity (Wildman–Crippen MR) is 136 cm³/mol. The van der Waals surface area contributed by atoms with Gasteiger partial charge in [0.05, 0.1) is 16.7 Å². The molecule has 8 heteroatoms. The van der Waals surface area contributed by atoms with Crippen LogP contribution in [-0.2, 0) is 21.2 Å². The molecule has 1 N–H and O–H groups in total. The molecule has 0 saturated carbocycles. The Balaban J connectivity index is 1.65. The van der Waals surface area contributed by atoms with Gasteiger partial charge in [-0.25, -0.2) is 12.8 Å². The number of rotatable bonds is 11. The van der Waals surface area contributed by atoms with Crippen LogP contribution in [0.1, 0.15) is 31.4 Å². The van der Waals surface area contributed by atoms with E-state index in [0.29, 0.717) is 18.7 Å². The van der Waals surface area contributed by atoms with Crippen LogP contribution in [0.5, 0.6) is 5.75 Å². The van der Waals surface area contributed by atoms with Gasteiger partial charge in [-0.05, 0) is 87.7 Å². The molecule has 0 aliphatic rings. The number of aryl methyl sites for hydroxylation is 2. The third kappa shape index (κ3) is 7.55. The number of anilines is 1. The molecule has 186 valence electrons. The van der Waals surface area contributed by atoms with E-state index in [-0.39, 0.29) is 17.5 Å². The highest BCUT2D eigenvalue weighted by molar-refractivity contribution is 7.92. The van der Waals surface area contributed by atoms with Crippen LogP contribution in [0.2, 0.25) is 0 Å². The van der Waals surface area contributed by atoms with Gasteiger partial charge in [-0.15, -0.1) is 0 Å². The van der Waals surface area contributed by atoms with E-state index in [9.17, 15) is 17.6 Å². The molecule has 0 heterocycles. The Morgan fingerprint density at radius 3 is 2.37 bits per heavy atom. The minimum absolute atomic E-state index is 0.0872. The largest absolute Gasteiger partial charge is 0.491 e. The Morgan fingerprint density at radius 2 is 1.71 bits per heavy atom. The summed E-state index contributed by atoms with van der Waals surface area (Å²) in [4.78, 5) is 12.6. The van der Waals surface area contributed by atoms with Crippen molar-refractivity contribution in [2.75, 3.05) is 17.4 Å². The Morgan fingerprint density at radius 1 is 1.03 bits per heavy atom. The highest BCUT2D eigenvalue weighted by Gasteiger charge is 2.27. The van der Waals surface area contributed by atoms with E-state index < -0.39 is 21.7 Å². The summed E-state index contributed by atoms with van der Waals surface area (Å²) in [6.07, 6.45) is 1.52. The summed E-state index contributed by atoms with van der Waals surface area (Å²) in [6, 6.07) is 19.2. The highest BCUT2D eigenvalue weighted by atomic mass is 32.2. The van der Waals surface area contributed by atoms with Gasteiger partial charge in [0.25, 0.3) is 10.0 Å². The summed E-state index contributed by atoms with van der Waals surface area (Å²) in [5, 5.41) is 2.81. The maximum absolute atomic E-state index is 13.3. The molecular weight excluding hydrogens is 467 g/mol. The molecule has 3 aromatic rings. The number of hydrogen-bond acceptors (Lipinski definition) is 4. The van der Waals surface area contributed by atoms with Gasteiger partial charge in [-0.3, -0.25) is 9.10 Å². The Hall–Kier alpha value is -3.39. The maximum atomic E-state index is 13.3. The molecule has 0 radical (unpaired) electrons. The van der Waals surface area contributed by atoms with Crippen molar-refractivity contribution in [3.63, 3.8) is 0 Å². The first-order chi connectivity index (χ1) is 16.6. The molecule has 0 bridgehead atoms. The van der Waals surface area contributed by atoms with Crippen LogP contribution in [0.15, 0.2) is 77.7 Å². The summed E-state index contributed by atoms with van der Waals surface area (Å²) in [6.45, 7) is 5.84. The predicted octanol–water partition coefficient (Wildman–Crippen LogP) is 4.87. The molecule has 0 aliphatic heterocycles. The van der Waals surface area contributed by atoms with Crippen LogP contribution >= 0.6 is 0 Å². The van der Waals surface area contributed by atoms with Crippen molar-refractivity contribution in [1.29, 1.82) is 0 Å². The number of nitrogens with one attached hydrogen (secondary N) is 1. The monoisotopic (exact) mass is 498 g/mol. The molecule has 0 aromatic heterocycles. The van der Waals surface area contributed by atoms with Gasteiger partial charge in [0, 0.05) is 6.54 Å². The first-order valence-electron chi connectivity index (χ1n) is 11.5. The molecule has 0 saturated heterocycles. The van der Waals surface area contributed by atoms with Gasteiger partial charge < -0.3 is 10.1 Å². The van der Waals surface area contributed by atoms with Crippen molar-refractivity contribution in [2.45, 2.75) is 44.6 Å². The molecule has 35 heavy (non-hydrogen) atoms. The zero-order chi connectivity index (χ0) is 25.4. The third-order valence-electron chi connectivity index (χ3n) is 5.25. The molecule has 0 fully saturated rings. The molecule has 0 atom stereocenters. The molecule has 3 aromatic carbocycles. The summed E-state index contributed by atoms with van der Waals surface area (Å²) < 4.78 is 46.7. The number of benzene rings is 3. The van der Waals surface area contributed by atoms with Crippen molar-refractivity contribution in [3.8, 4) is 5.75 Å². The SMILES string of the molecule is Cc1ccc(N(CC(=O)NCCCc2cccc(OC(C)C)c2)S(=O)(=O)c2ccc(F)cc2)cc1. The maximum Gasteiger partial charge on any atom is 0.264 e. The quantitative estimate of drug-likeness (QED) is 0.383. The normalized spacial score (nSPS) is 11.3. The number of carbonyl (C=O) groups excluding carboxylic acids is 1. The summed E-state index contributed by atoms with van der Waals surface area (Å²) in [5.41, 5.74) is 2.41. The topological polar surface area (TPSA) is 75.7 Å². The second kappa shape index (κ2) is 11.8. The number of hydrogen-bond donors (Lipinski definition) is 1. The Bertz CT molecular complexity index is 1230. The standard InChI is InChI=1S/C27H31FN2O4S/c1-20(2)34-25-8-4-6-22(18-25)7-5-17-29-27(31)19-30(24-13-9-21(3)10-14-24)35(32,33)26-15-11-23(28)12-16-26/h4,6,8-16,18,20H,5,7,17,19H2,1-3H3,(H,29,31). The fourth-order valence-electron chi connectivity index (χ4n) is 3.51. The minimum Gasteiger partial charge on any atom is -0.491 e. The van der Waals surface area contributed by atoms with E-state index >= 15 is 0 Å². The van der Waals surface area contributed by atoms with Crippen LogP contribution in [0, 0.1) is 12.7 Å². The lowest BCUT2D eigenvalue weighted by Crippen LogP contribution is -2.41. The van der Waals surface area contributed by atoms with Crippen LogP contribution in [0.4, 0.5) is 10.1 Å². The lowest BCUT2D eigenvalue weighted by molar-refractivity contribution is -0.119. The summed E-state index contributed by atoms with van der Waals surface area (Å²) in [5.74, 6) is -0.153. The lowest BCUT2D eigenvalue weighted by Gasteiger charge is -2.24. The van der Waals surface area contributed by atoms with Gasteiger partial charge >= 0.3 is 0 Å². The van der Waals surface area contributed by atoms with Crippen LogP contribution in [-0.4, -0.2) is 33.5 Å². The van der Waals surface area contributed by atoms with E-state index in [2.05, 4.69) is 5.32 Å². The number of ether oxygens (including phenoxy) is 1. The van der Waals surface area contributed by atoms with Crippen molar-refractivity contribution in [1.82, 2.24) is 5.32 Å². The Labute approximate surface area is 206 Å². The first kappa shape index (κ1) is 26.2. The van der Waals surface area contributed by atoms with Gasteiger partial charge in [0.2, 0.25) is 5.91 Å². The number of amides is 1. The number of nitrogens with zero attached hydrogens (tertiary/aromatic N) is 1. The van der Waals surface area contributed by atoms with E-state index in [0.717, 1.165) is 39.7 Å². The fourth-order valence-corrected chi connectivity index (χ4v) is 4.93. The Kier molecular flexibility index (Phi) is 8.87. The highest BCUT2D eigenvalue weighted by Crippen LogP contribution is 2.24. The van der Waals surface area contributed by atoms with E-state index in [1.54, 1.807) is 24.3 Å². The lowest BCUT2D eigenvalue weighted by atomic mass is 10.1. The van der Waals surface area contributed by atoms with Crippen LogP contribution in [0.3, 0.4) is 0 Å². The van der Waals surface area contributed by atoms with Crippen LogP contribution in [0.25, 0.3) is 0 Å². The zero-order valence-electron chi connectivity index (χ0n) is 20.2. The zero-order valence-corrected chi connectivity index (χ0v) is 21.0. The third-order valence-corrected chi connectivity index (χ3v) is 7.03. The van der Waals surface area contributed by atoms with Gasteiger partial charge in [-0.2, -0.15) is 0 Å². The first-order valence-corrected chi connectivity index (χ1v) is 13.0. The van der Waals surface area contributed by atoms with Crippen molar-refractivity contribution in [2.24, 2.45) is 0 Å². The average Bonchev–Trinajstić information content (AvgIpc) is 2.81. The van der Waals surface area contributed by atoms with Gasteiger partial charge in [0.15, 0.2) is 0 Å². The molecule has 6 nitrogen and oxygen atoms in total. The van der Waals surface area contributed by atoms with E-state index in [1.165, 1.54) is 12.1 Å². The second-order valence-corrected chi connectivity index (χ2v) is 10.4. The molecule has 0 spiro atoms. The van der Waals surface area contributed by atoms with Crippen molar-refractivity contribution in [3.05, 3.63) is 89.7 Å². The molecule has 3 rings (SSSR count). The average molecular weight is 499 g/mol. The van der Waals surface area contributed by atoms with Crippen molar-refractivity contribution < 1.29 is 22.3 Å². The molecular formula is C27H31FN2O4S. The fraction of sp³-hybridized carbons (Fsp3) is 0.296. The number of sulfonamides is 1. The summed E-state index contributed by atoms with van der Waals surface area (Å²) in [7, 11) is -4.08. The molecule has 0 unspecified atom stereocenters. The smallest absolute Gasteiger partial charge is 0.264 e. The molecule has 0 aliphatic carbocycles. The number of halogens is 1. The van der Waals surface area contributed by atoms with Crippen LogP contribution < -0.4 is 14.4 Å². The van der Waals surface area contributed by atoms with Crippen molar-refractivity contribution >= 4 is 21.6 Å². The second-order valence-electron chi connectivity index (χ2n) is 8.57. The minimum atomic E-state index is -4.08. The number of carbonyl (C=O) groups is 1. The van der Waals surface area contributed by atoms with Gasteiger partial charge in [-0.1, -0.05) is 29.8 Å². The summed E-state index contributed by atoms with van der Waals surface area (Å²) >= 11 is 0. The van der Waals surface area contributed by atoms with E-state index in [1.807, 2.05) is 45.0 Å².